The molecule has 2 aliphatic heterocycles. The first kappa shape index (κ1) is 29.7. The SMILES string of the molecule is COCCCn1cc(CN(C(=O)[C@H]2CNCC[C@@H]2c2cccc(N3CCC(CC(=O)O)CC3)c2)C2CC2)c2ccccc21. The quantitative estimate of drug-likeness (QED) is 0.282. The third-order valence-corrected chi connectivity index (χ3v) is 9.77. The summed E-state index contributed by atoms with van der Waals surface area (Å²) < 4.78 is 7.62. The van der Waals surface area contributed by atoms with Crippen molar-refractivity contribution in [2.75, 3.05) is 44.8 Å². The molecular formula is C35H46N4O4. The summed E-state index contributed by atoms with van der Waals surface area (Å²) >= 11 is 0. The summed E-state index contributed by atoms with van der Waals surface area (Å²) in [6, 6.07) is 17.7. The van der Waals surface area contributed by atoms with Crippen LogP contribution in [0.4, 0.5) is 5.69 Å². The lowest BCUT2D eigenvalue weighted by molar-refractivity contribution is -0.139. The van der Waals surface area contributed by atoms with Gasteiger partial charge in [0.1, 0.15) is 0 Å². The van der Waals surface area contributed by atoms with E-state index in [0.29, 0.717) is 19.1 Å². The molecule has 8 nitrogen and oxygen atoms in total. The van der Waals surface area contributed by atoms with Crippen molar-refractivity contribution in [3.8, 4) is 0 Å². The summed E-state index contributed by atoms with van der Waals surface area (Å²) in [5.74, 6) is -0.0853. The molecule has 2 saturated heterocycles. The number of hydrogen-bond donors (Lipinski definition) is 2. The fourth-order valence-corrected chi connectivity index (χ4v) is 7.29. The molecule has 230 valence electrons. The first-order valence-corrected chi connectivity index (χ1v) is 16.2. The van der Waals surface area contributed by atoms with Crippen molar-refractivity contribution in [1.82, 2.24) is 14.8 Å². The van der Waals surface area contributed by atoms with Gasteiger partial charge in [0.05, 0.1) is 5.92 Å². The highest BCUT2D eigenvalue weighted by Gasteiger charge is 2.40. The number of aryl methyl sites for hydroxylation is 1. The monoisotopic (exact) mass is 586 g/mol. The molecule has 1 saturated carbocycles. The Bertz CT molecular complexity index is 1410. The molecule has 0 bridgehead atoms. The lowest BCUT2D eigenvalue weighted by Crippen LogP contribution is -2.47. The summed E-state index contributed by atoms with van der Waals surface area (Å²) in [4.78, 5) is 30.2. The first-order chi connectivity index (χ1) is 21.0. The van der Waals surface area contributed by atoms with E-state index in [1.165, 1.54) is 27.7 Å². The number of hydrogen-bond acceptors (Lipinski definition) is 5. The molecule has 0 spiro atoms. The number of benzene rings is 2. The maximum Gasteiger partial charge on any atom is 0.303 e. The van der Waals surface area contributed by atoms with Gasteiger partial charge in [0.15, 0.2) is 0 Å². The van der Waals surface area contributed by atoms with Crippen LogP contribution < -0.4 is 10.2 Å². The van der Waals surface area contributed by atoms with Crippen molar-refractivity contribution in [2.45, 2.75) is 70.0 Å². The number of carboxylic acid groups (broad SMARTS) is 1. The molecule has 1 aromatic heterocycles. The Balaban J connectivity index is 1.20. The predicted molar refractivity (Wildman–Crippen MR) is 169 cm³/mol. The van der Waals surface area contributed by atoms with Crippen LogP contribution in [0.25, 0.3) is 10.9 Å². The second kappa shape index (κ2) is 13.5. The molecule has 8 heteroatoms. The van der Waals surface area contributed by atoms with E-state index in [4.69, 9.17) is 4.74 Å². The minimum Gasteiger partial charge on any atom is -0.481 e. The highest BCUT2D eigenvalue weighted by molar-refractivity contribution is 5.86. The van der Waals surface area contributed by atoms with Gasteiger partial charge in [-0.25, -0.2) is 0 Å². The molecule has 2 aromatic carbocycles. The van der Waals surface area contributed by atoms with Crippen molar-refractivity contribution in [3.05, 3.63) is 65.9 Å². The Morgan fingerprint density at radius 3 is 2.63 bits per heavy atom. The number of rotatable bonds is 12. The number of methoxy groups -OCH3 is 1. The second-order valence-corrected chi connectivity index (χ2v) is 12.7. The first-order valence-electron chi connectivity index (χ1n) is 16.2. The zero-order valence-electron chi connectivity index (χ0n) is 25.4. The number of nitrogens with zero attached hydrogens (tertiary/aromatic N) is 3. The average molecular weight is 587 g/mol. The van der Waals surface area contributed by atoms with E-state index in [-0.39, 0.29) is 30.1 Å². The van der Waals surface area contributed by atoms with E-state index in [1.54, 1.807) is 7.11 Å². The normalized spacial score (nSPS) is 21.3. The number of aliphatic carboxylic acids is 1. The molecule has 6 rings (SSSR count). The topological polar surface area (TPSA) is 87.0 Å². The molecule has 3 aliphatic rings. The van der Waals surface area contributed by atoms with E-state index < -0.39 is 5.97 Å². The molecule has 1 aliphatic carbocycles. The summed E-state index contributed by atoms with van der Waals surface area (Å²) in [6.45, 7) is 5.65. The van der Waals surface area contributed by atoms with Gasteiger partial charge in [0.2, 0.25) is 5.91 Å². The van der Waals surface area contributed by atoms with Crippen molar-refractivity contribution in [1.29, 1.82) is 0 Å². The van der Waals surface area contributed by atoms with Crippen molar-refractivity contribution in [3.63, 3.8) is 0 Å². The highest BCUT2D eigenvalue weighted by Crippen LogP contribution is 2.38. The number of fused-ring (bicyclic) bond motifs is 1. The largest absolute Gasteiger partial charge is 0.481 e. The molecule has 2 N–H and O–H groups in total. The Morgan fingerprint density at radius 1 is 1.05 bits per heavy atom. The molecule has 3 heterocycles. The van der Waals surface area contributed by atoms with Gasteiger partial charge in [-0.05, 0) is 86.2 Å². The summed E-state index contributed by atoms with van der Waals surface area (Å²) in [7, 11) is 1.74. The van der Waals surface area contributed by atoms with Gasteiger partial charge < -0.3 is 29.5 Å². The van der Waals surface area contributed by atoms with Gasteiger partial charge in [-0.15, -0.1) is 0 Å². The van der Waals surface area contributed by atoms with E-state index in [2.05, 4.69) is 74.4 Å². The van der Waals surface area contributed by atoms with Crippen LogP contribution in [-0.4, -0.2) is 72.4 Å². The van der Waals surface area contributed by atoms with Crippen LogP contribution >= 0.6 is 0 Å². The number of amides is 1. The van der Waals surface area contributed by atoms with Crippen molar-refractivity contribution >= 4 is 28.5 Å². The molecule has 0 radical (unpaired) electrons. The van der Waals surface area contributed by atoms with Crippen LogP contribution in [-0.2, 0) is 27.4 Å². The van der Waals surface area contributed by atoms with Crippen LogP contribution in [0, 0.1) is 11.8 Å². The Kier molecular flexibility index (Phi) is 9.34. The standard InChI is InChI=1S/C35H46N4O4/c1-43-19-5-16-38-23-27(31-8-2-3-9-33(31)38)24-39(28-10-11-28)35(42)32-22-36-15-12-30(32)26-6-4-7-29(21-26)37-17-13-25(14-18-37)20-34(40)41/h2-4,6-9,21,23,25,28,30,32,36H,5,10-20,22,24H2,1H3,(H,40,41)/t30-,32+/m1/s1. The fraction of sp³-hybridized carbons (Fsp3) is 0.543. The lowest BCUT2D eigenvalue weighted by atomic mass is 9.80. The zero-order chi connectivity index (χ0) is 29.8. The number of carboxylic acids is 1. The molecule has 1 amide bonds. The van der Waals surface area contributed by atoms with Crippen LogP contribution in [0.1, 0.15) is 62.0 Å². The van der Waals surface area contributed by atoms with E-state index in [0.717, 1.165) is 71.3 Å². The Hall–Kier alpha value is -3.36. The number of carbonyl (C=O) groups excluding carboxylic acids is 1. The van der Waals surface area contributed by atoms with Gasteiger partial charge >= 0.3 is 5.97 Å². The number of carbonyl (C=O) groups is 2. The van der Waals surface area contributed by atoms with E-state index in [9.17, 15) is 14.7 Å². The van der Waals surface area contributed by atoms with Gasteiger partial charge in [0, 0.05) is 81.7 Å². The van der Waals surface area contributed by atoms with Crippen LogP contribution in [0.15, 0.2) is 54.7 Å². The molecule has 0 unspecified atom stereocenters. The number of ether oxygens (including phenoxy) is 1. The van der Waals surface area contributed by atoms with Gasteiger partial charge in [-0.2, -0.15) is 0 Å². The highest BCUT2D eigenvalue weighted by atomic mass is 16.5. The molecule has 43 heavy (non-hydrogen) atoms. The molecule has 3 fully saturated rings. The summed E-state index contributed by atoms with van der Waals surface area (Å²) in [5, 5.41) is 14.0. The van der Waals surface area contributed by atoms with Crippen LogP contribution in [0.5, 0.6) is 0 Å². The average Bonchev–Trinajstić information content (AvgIpc) is 3.82. The lowest BCUT2D eigenvalue weighted by Gasteiger charge is -2.37. The maximum absolute atomic E-state index is 14.4. The number of nitrogens with one attached hydrogen (secondary N) is 1. The Labute approximate surface area is 255 Å². The minimum absolute atomic E-state index is 0.0963. The fourth-order valence-electron chi connectivity index (χ4n) is 7.29. The Morgan fingerprint density at radius 2 is 1.86 bits per heavy atom. The van der Waals surface area contributed by atoms with Gasteiger partial charge in [-0.1, -0.05) is 30.3 Å². The molecule has 2 atom stereocenters. The maximum atomic E-state index is 14.4. The zero-order valence-corrected chi connectivity index (χ0v) is 25.4. The van der Waals surface area contributed by atoms with Gasteiger partial charge in [0.25, 0.3) is 0 Å². The van der Waals surface area contributed by atoms with E-state index in [1.807, 2.05) is 0 Å². The van der Waals surface area contributed by atoms with E-state index >= 15 is 0 Å². The predicted octanol–water partition coefficient (Wildman–Crippen LogP) is 5.25. The number of piperidine rings is 2. The third kappa shape index (κ3) is 6.91. The second-order valence-electron chi connectivity index (χ2n) is 12.7. The van der Waals surface area contributed by atoms with Crippen LogP contribution in [0.3, 0.4) is 0 Å². The van der Waals surface area contributed by atoms with Crippen molar-refractivity contribution in [2.24, 2.45) is 11.8 Å². The molecule has 3 aromatic rings. The van der Waals surface area contributed by atoms with Crippen LogP contribution in [0.2, 0.25) is 0 Å². The minimum atomic E-state index is -0.699. The smallest absolute Gasteiger partial charge is 0.303 e. The van der Waals surface area contributed by atoms with Crippen molar-refractivity contribution < 1.29 is 19.4 Å². The number of para-hydroxylation sites is 1. The number of anilines is 1. The summed E-state index contributed by atoms with van der Waals surface area (Å²) in [6.07, 6.45) is 8.38. The third-order valence-electron chi connectivity index (χ3n) is 9.77. The van der Waals surface area contributed by atoms with Gasteiger partial charge in [-0.3, -0.25) is 9.59 Å². The number of aromatic nitrogens is 1. The summed E-state index contributed by atoms with van der Waals surface area (Å²) in [5.41, 5.74) is 4.88. The molecular weight excluding hydrogens is 540 g/mol.